The van der Waals surface area contributed by atoms with Crippen molar-refractivity contribution in [1.82, 2.24) is 4.98 Å². The number of thiazole rings is 1. The molecule has 37 heavy (non-hydrogen) atoms. The fraction of sp³-hybridized carbons (Fsp3) is 0.233. The van der Waals surface area contributed by atoms with Gasteiger partial charge in [0.25, 0.3) is 5.91 Å². The molecule has 6 rings (SSSR count). The van der Waals surface area contributed by atoms with E-state index in [-0.39, 0.29) is 11.8 Å². The molecule has 2 heterocycles. The zero-order valence-electron chi connectivity index (χ0n) is 20.5. The number of carbonyl (C=O) groups is 2. The van der Waals surface area contributed by atoms with Crippen LogP contribution in [0, 0.1) is 6.92 Å². The maximum Gasteiger partial charge on any atom is 0.258 e. The number of aromatic nitrogens is 1. The van der Waals surface area contributed by atoms with E-state index in [1.165, 1.54) is 11.3 Å². The number of carbonyl (C=O) groups excluding carboxylic acids is 2. The molecule has 0 radical (unpaired) electrons. The zero-order chi connectivity index (χ0) is 25.6. The molecule has 3 aromatic carbocycles. The van der Waals surface area contributed by atoms with Crippen molar-refractivity contribution in [2.24, 2.45) is 0 Å². The largest absolute Gasteiger partial charge is 0.308 e. The molecule has 1 fully saturated rings. The first kappa shape index (κ1) is 23.9. The molecule has 1 saturated carbocycles. The molecular weight excluding hydrogens is 502 g/mol. The molecule has 2 amide bonds. The summed E-state index contributed by atoms with van der Waals surface area (Å²) >= 11 is 7.49. The summed E-state index contributed by atoms with van der Waals surface area (Å²) in [6.45, 7) is 2.66. The minimum absolute atomic E-state index is 0.0128. The van der Waals surface area contributed by atoms with Gasteiger partial charge in [0.1, 0.15) is 0 Å². The van der Waals surface area contributed by atoms with Crippen LogP contribution in [0.1, 0.15) is 46.3 Å². The number of benzene rings is 3. The maximum atomic E-state index is 13.3. The molecule has 1 aliphatic carbocycles. The molecule has 1 aliphatic heterocycles. The minimum atomic E-state index is -0.517. The van der Waals surface area contributed by atoms with Gasteiger partial charge in [-0.05, 0) is 73.7 Å². The first-order valence-electron chi connectivity index (χ1n) is 12.5. The molecular formula is C30H26ClN3O2S. The third kappa shape index (κ3) is 4.34. The number of nitrogens with one attached hydrogen (secondary N) is 1. The summed E-state index contributed by atoms with van der Waals surface area (Å²) in [6, 6.07) is 21.4. The summed E-state index contributed by atoms with van der Waals surface area (Å²) in [5.74, 6) is 0.0145. The summed E-state index contributed by atoms with van der Waals surface area (Å²) in [4.78, 5) is 33.0. The molecule has 4 aromatic rings. The van der Waals surface area contributed by atoms with E-state index in [2.05, 4.69) is 11.4 Å². The van der Waals surface area contributed by atoms with Gasteiger partial charge in [0.15, 0.2) is 5.13 Å². The Kier molecular flexibility index (Phi) is 6.09. The van der Waals surface area contributed by atoms with E-state index >= 15 is 0 Å². The standard InChI is InChI=1S/C30H26ClN3O2S/c1-19-4-2-5-22(16-19)27(35)34-15-12-21-17-20(6-11-26(21)34)25-18-37-29(32-25)33-28(36)30(13-3-14-30)23-7-9-24(31)10-8-23/h2,4-11,16-18H,3,12-15H2,1H3,(H,32,33,36). The monoisotopic (exact) mass is 527 g/mol. The van der Waals surface area contributed by atoms with Gasteiger partial charge in [-0.25, -0.2) is 4.98 Å². The lowest BCUT2D eigenvalue weighted by Crippen LogP contribution is -2.45. The summed E-state index contributed by atoms with van der Waals surface area (Å²) in [6.07, 6.45) is 3.47. The Bertz CT molecular complexity index is 1510. The average Bonchev–Trinajstić information content (AvgIpc) is 3.51. The van der Waals surface area contributed by atoms with E-state index < -0.39 is 5.41 Å². The highest BCUT2D eigenvalue weighted by molar-refractivity contribution is 7.14. The quantitative estimate of drug-likeness (QED) is 0.303. The molecule has 5 nitrogen and oxygen atoms in total. The van der Waals surface area contributed by atoms with Crippen molar-refractivity contribution in [3.8, 4) is 11.3 Å². The first-order valence-corrected chi connectivity index (χ1v) is 13.7. The number of halogens is 1. The first-order chi connectivity index (χ1) is 17.9. The van der Waals surface area contributed by atoms with Gasteiger partial charge >= 0.3 is 0 Å². The lowest BCUT2D eigenvalue weighted by Gasteiger charge is -2.40. The van der Waals surface area contributed by atoms with Crippen molar-refractivity contribution in [1.29, 1.82) is 0 Å². The lowest BCUT2D eigenvalue weighted by molar-refractivity contribution is -0.124. The van der Waals surface area contributed by atoms with Gasteiger partial charge < -0.3 is 10.2 Å². The maximum absolute atomic E-state index is 13.3. The Hall–Kier alpha value is -3.48. The Morgan fingerprint density at radius 2 is 1.86 bits per heavy atom. The third-order valence-electron chi connectivity index (χ3n) is 7.54. The van der Waals surface area contributed by atoms with Crippen molar-refractivity contribution in [2.75, 3.05) is 16.8 Å². The van der Waals surface area contributed by atoms with E-state index in [4.69, 9.17) is 16.6 Å². The summed E-state index contributed by atoms with van der Waals surface area (Å²) in [5.41, 5.74) is 6.15. The van der Waals surface area contributed by atoms with E-state index in [0.29, 0.717) is 22.3 Å². The van der Waals surface area contributed by atoms with Gasteiger partial charge in [0, 0.05) is 33.8 Å². The van der Waals surface area contributed by atoms with E-state index in [9.17, 15) is 9.59 Å². The highest BCUT2D eigenvalue weighted by Gasteiger charge is 2.45. The average molecular weight is 528 g/mol. The van der Waals surface area contributed by atoms with Gasteiger partial charge in [-0.15, -0.1) is 11.3 Å². The topological polar surface area (TPSA) is 62.3 Å². The number of nitrogens with zero attached hydrogens (tertiary/aromatic N) is 2. The van der Waals surface area contributed by atoms with Crippen LogP contribution in [0.4, 0.5) is 10.8 Å². The fourth-order valence-corrected chi connectivity index (χ4v) is 6.17. The van der Waals surface area contributed by atoms with Crippen LogP contribution in [0.5, 0.6) is 0 Å². The van der Waals surface area contributed by atoms with Gasteiger partial charge in [0.2, 0.25) is 5.91 Å². The number of aryl methyl sites for hydroxylation is 1. The zero-order valence-corrected chi connectivity index (χ0v) is 22.0. The van der Waals surface area contributed by atoms with E-state index in [1.807, 2.05) is 77.9 Å². The molecule has 0 saturated heterocycles. The Labute approximate surface area is 225 Å². The highest BCUT2D eigenvalue weighted by atomic mass is 35.5. The number of anilines is 2. The second-order valence-electron chi connectivity index (χ2n) is 9.85. The van der Waals surface area contributed by atoms with Crippen molar-refractivity contribution in [3.63, 3.8) is 0 Å². The van der Waals surface area contributed by atoms with Gasteiger partial charge in [-0.1, -0.05) is 53.9 Å². The predicted octanol–water partition coefficient (Wildman–Crippen LogP) is 7.04. The molecule has 0 spiro atoms. The Morgan fingerprint density at radius 3 is 2.59 bits per heavy atom. The molecule has 1 N–H and O–H groups in total. The number of fused-ring (bicyclic) bond motifs is 1. The van der Waals surface area contributed by atoms with Crippen molar-refractivity contribution >= 4 is 45.6 Å². The van der Waals surface area contributed by atoms with Crippen molar-refractivity contribution in [2.45, 2.75) is 38.0 Å². The number of amides is 2. The number of hydrogen-bond acceptors (Lipinski definition) is 4. The molecule has 1 aromatic heterocycles. The van der Waals surface area contributed by atoms with Crippen molar-refractivity contribution < 1.29 is 9.59 Å². The van der Waals surface area contributed by atoms with Crippen LogP contribution < -0.4 is 10.2 Å². The van der Waals surface area contributed by atoms with Gasteiger partial charge in [0.05, 0.1) is 11.1 Å². The van der Waals surface area contributed by atoms with E-state index in [1.54, 1.807) is 0 Å². The lowest BCUT2D eigenvalue weighted by atomic mass is 9.64. The Morgan fingerprint density at radius 1 is 1.05 bits per heavy atom. The van der Waals surface area contributed by atoms with Gasteiger partial charge in [-0.3, -0.25) is 9.59 Å². The summed E-state index contributed by atoms with van der Waals surface area (Å²) in [5, 5.41) is 6.30. The van der Waals surface area contributed by atoms with Gasteiger partial charge in [-0.2, -0.15) is 0 Å². The summed E-state index contributed by atoms with van der Waals surface area (Å²) in [7, 11) is 0. The molecule has 7 heteroatoms. The van der Waals surface area contributed by atoms with Crippen LogP contribution in [0.15, 0.2) is 72.1 Å². The van der Waals surface area contributed by atoms with Crippen LogP contribution >= 0.6 is 22.9 Å². The van der Waals surface area contributed by atoms with Crippen LogP contribution in [0.3, 0.4) is 0 Å². The smallest absolute Gasteiger partial charge is 0.258 e. The normalized spacial score (nSPS) is 15.7. The van der Waals surface area contributed by atoms with E-state index in [0.717, 1.165) is 59.3 Å². The van der Waals surface area contributed by atoms with Crippen LogP contribution in [0.25, 0.3) is 11.3 Å². The minimum Gasteiger partial charge on any atom is -0.308 e. The Balaban J connectivity index is 1.19. The second-order valence-corrected chi connectivity index (χ2v) is 11.1. The van der Waals surface area contributed by atoms with Crippen LogP contribution in [0.2, 0.25) is 5.02 Å². The molecule has 0 unspecified atom stereocenters. The van der Waals surface area contributed by atoms with Crippen LogP contribution in [-0.4, -0.2) is 23.3 Å². The third-order valence-corrected chi connectivity index (χ3v) is 8.55. The predicted molar refractivity (Wildman–Crippen MR) is 150 cm³/mol. The molecule has 2 aliphatic rings. The molecule has 0 atom stereocenters. The van der Waals surface area contributed by atoms with Crippen molar-refractivity contribution in [3.05, 3.63) is 99.4 Å². The number of hydrogen-bond donors (Lipinski definition) is 1. The SMILES string of the molecule is Cc1cccc(C(=O)N2CCc3cc(-c4csc(NC(=O)C5(c6ccc(Cl)cc6)CCC5)n4)ccc32)c1. The van der Waals surface area contributed by atoms with Crippen LogP contribution in [-0.2, 0) is 16.6 Å². The fourth-order valence-electron chi connectivity index (χ4n) is 5.33. The highest BCUT2D eigenvalue weighted by Crippen LogP contribution is 2.45. The second kappa shape index (κ2) is 9.43. The number of rotatable bonds is 5. The summed E-state index contributed by atoms with van der Waals surface area (Å²) < 4.78 is 0. The molecule has 0 bridgehead atoms. The molecule has 186 valence electrons.